The van der Waals surface area contributed by atoms with E-state index in [2.05, 4.69) is 54.9 Å². The summed E-state index contributed by atoms with van der Waals surface area (Å²) in [5, 5.41) is 0. The molecule has 0 saturated carbocycles. The van der Waals surface area contributed by atoms with Crippen molar-refractivity contribution in [1.29, 1.82) is 0 Å². The third-order valence-electron chi connectivity index (χ3n) is 3.35. The summed E-state index contributed by atoms with van der Waals surface area (Å²) in [7, 11) is 0. The Hall–Kier alpha value is -1.63. The topological polar surface area (TPSA) is 3.88 Å². The molecule has 2 heterocycles. The van der Waals surface area contributed by atoms with Crippen LogP contribution in [-0.2, 0) is 6.54 Å². The van der Waals surface area contributed by atoms with Gasteiger partial charge >= 0.3 is 0 Å². The van der Waals surface area contributed by atoms with Crippen molar-refractivity contribution in [3.05, 3.63) is 53.2 Å². The highest BCUT2D eigenvalue weighted by Gasteiger charge is 2.27. The van der Waals surface area contributed by atoms with Gasteiger partial charge in [-0.1, -0.05) is 18.2 Å². The minimum Gasteiger partial charge on any atom is -0.194 e. The van der Waals surface area contributed by atoms with Crippen LogP contribution < -0.4 is 4.57 Å². The van der Waals surface area contributed by atoms with Crippen molar-refractivity contribution in [1.82, 2.24) is 0 Å². The average molecular weight is 196 g/mol. The minimum absolute atomic E-state index is 1.02. The van der Waals surface area contributed by atoms with Crippen molar-refractivity contribution >= 4 is 0 Å². The highest BCUT2D eigenvalue weighted by Crippen LogP contribution is 2.29. The minimum atomic E-state index is 1.02. The van der Waals surface area contributed by atoms with Crippen LogP contribution in [0.4, 0.5) is 0 Å². The van der Waals surface area contributed by atoms with Crippen LogP contribution in [0.15, 0.2) is 36.5 Å². The van der Waals surface area contributed by atoms with Crippen LogP contribution in [0.3, 0.4) is 0 Å². The molecule has 0 unspecified atom stereocenters. The first-order valence-electron chi connectivity index (χ1n) is 5.35. The molecule has 0 radical (unpaired) electrons. The number of aryl methyl sites for hydroxylation is 1. The molecule has 0 amide bonds. The van der Waals surface area contributed by atoms with E-state index in [0.29, 0.717) is 0 Å². The van der Waals surface area contributed by atoms with Gasteiger partial charge in [-0.2, -0.15) is 4.57 Å². The van der Waals surface area contributed by atoms with Crippen LogP contribution in [0.25, 0.3) is 11.3 Å². The number of hydrogen-bond donors (Lipinski definition) is 0. The lowest BCUT2D eigenvalue weighted by atomic mass is 10.0. The summed E-state index contributed by atoms with van der Waals surface area (Å²) in [6.07, 6.45) is 2.19. The highest BCUT2D eigenvalue weighted by molar-refractivity contribution is 5.66. The van der Waals surface area contributed by atoms with Crippen molar-refractivity contribution in [2.24, 2.45) is 0 Å². The van der Waals surface area contributed by atoms with Crippen molar-refractivity contribution in [2.45, 2.75) is 20.4 Å². The van der Waals surface area contributed by atoms with E-state index in [1.54, 1.807) is 0 Å². The predicted octanol–water partition coefficient (Wildman–Crippen LogP) is 2.62. The van der Waals surface area contributed by atoms with E-state index in [-0.39, 0.29) is 0 Å². The lowest BCUT2D eigenvalue weighted by Crippen LogP contribution is -2.32. The van der Waals surface area contributed by atoms with Gasteiger partial charge in [0.05, 0.1) is 5.56 Å². The van der Waals surface area contributed by atoms with E-state index in [9.17, 15) is 0 Å². The molecule has 0 spiro atoms. The first kappa shape index (κ1) is 8.66. The lowest BCUT2D eigenvalue weighted by Gasteiger charge is -2.01. The molecular weight excluding hydrogens is 182 g/mol. The van der Waals surface area contributed by atoms with E-state index in [4.69, 9.17) is 0 Å². The largest absolute Gasteiger partial charge is 0.216 e. The Labute approximate surface area is 90.0 Å². The van der Waals surface area contributed by atoms with E-state index in [1.165, 1.54) is 27.9 Å². The molecule has 0 bridgehead atoms. The van der Waals surface area contributed by atoms with E-state index < -0.39 is 0 Å². The van der Waals surface area contributed by atoms with Gasteiger partial charge in [0, 0.05) is 17.2 Å². The van der Waals surface area contributed by atoms with Gasteiger partial charge in [0.2, 0.25) is 5.69 Å². The molecule has 1 aromatic carbocycles. The Morgan fingerprint density at radius 2 is 1.87 bits per heavy atom. The fourth-order valence-corrected chi connectivity index (χ4v) is 2.36. The summed E-state index contributed by atoms with van der Waals surface area (Å²) < 4.78 is 2.34. The quantitative estimate of drug-likeness (QED) is 0.487. The van der Waals surface area contributed by atoms with Crippen LogP contribution in [0.5, 0.6) is 0 Å². The summed E-state index contributed by atoms with van der Waals surface area (Å²) in [6, 6.07) is 10.9. The third kappa shape index (κ3) is 1.13. The van der Waals surface area contributed by atoms with Crippen LogP contribution in [0.1, 0.15) is 16.7 Å². The monoisotopic (exact) mass is 196 g/mol. The zero-order valence-electron chi connectivity index (χ0n) is 9.12. The van der Waals surface area contributed by atoms with Crippen molar-refractivity contribution in [3.8, 4) is 11.3 Å². The van der Waals surface area contributed by atoms with Crippen molar-refractivity contribution in [2.75, 3.05) is 0 Å². The number of nitrogens with zero attached hydrogens (tertiary/aromatic N) is 1. The number of fused-ring (bicyclic) bond motifs is 3. The molecule has 1 aliphatic rings. The first-order chi connectivity index (χ1) is 7.27. The third-order valence-corrected chi connectivity index (χ3v) is 3.35. The molecule has 74 valence electrons. The summed E-state index contributed by atoms with van der Waals surface area (Å²) in [5.41, 5.74) is 7.01. The molecule has 1 heteroatoms. The molecule has 15 heavy (non-hydrogen) atoms. The molecule has 3 rings (SSSR count). The Bertz CT molecular complexity index is 541. The predicted molar refractivity (Wildman–Crippen MR) is 60.6 cm³/mol. The Balaban J connectivity index is 2.36. The number of rotatable bonds is 0. The summed E-state index contributed by atoms with van der Waals surface area (Å²) in [5.74, 6) is 0. The fourth-order valence-electron chi connectivity index (χ4n) is 2.36. The number of pyridine rings is 1. The molecule has 0 N–H and O–H groups in total. The van der Waals surface area contributed by atoms with Crippen LogP contribution >= 0.6 is 0 Å². The maximum absolute atomic E-state index is 2.34. The van der Waals surface area contributed by atoms with Crippen LogP contribution in [0, 0.1) is 13.8 Å². The average Bonchev–Trinajstić information content (AvgIpc) is 2.62. The van der Waals surface area contributed by atoms with E-state index >= 15 is 0 Å². The van der Waals surface area contributed by atoms with E-state index in [0.717, 1.165) is 6.54 Å². The standard InChI is InChI=1S/C14H14N/c1-10-7-8-15-9-12-5-3-4-6-13(12)14(15)11(10)2/h3-8H,9H2,1-2H3/q+1. The molecule has 0 fully saturated rings. The second-order valence-corrected chi connectivity index (χ2v) is 4.26. The molecule has 0 aliphatic carbocycles. The SMILES string of the molecule is Cc1cc[n+]2c(c1C)-c1ccccc1C2. The molecule has 1 aliphatic heterocycles. The normalized spacial score (nSPS) is 12.4. The van der Waals surface area contributed by atoms with Gasteiger partial charge in [0.1, 0.15) is 0 Å². The first-order valence-corrected chi connectivity index (χ1v) is 5.35. The maximum atomic E-state index is 2.34. The van der Waals surface area contributed by atoms with Gasteiger partial charge in [0.25, 0.3) is 0 Å². The van der Waals surface area contributed by atoms with Gasteiger partial charge in [-0.15, -0.1) is 0 Å². The Morgan fingerprint density at radius 1 is 1.07 bits per heavy atom. The van der Waals surface area contributed by atoms with Gasteiger partial charge in [-0.05, 0) is 25.5 Å². The second-order valence-electron chi connectivity index (χ2n) is 4.26. The Morgan fingerprint density at radius 3 is 2.73 bits per heavy atom. The summed E-state index contributed by atoms with van der Waals surface area (Å²) in [4.78, 5) is 0. The Kier molecular flexibility index (Phi) is 1.69. The van der Waals surface area contributed by atoms with E-state index in [1.807, 2.05) is 0 Å². The summed E-state index contributed by atoms with van der Waals surface area (Å²) >= 11 is 0. The highest BCUT2D eigenvalue weighted by atomic mass is 15.0. The number of hydrogen-bond acceptors (Lipinski definition) is 0. The fraction of sp³-hybridized carbons (Fsp3) is 0.214. The van der Waals surface area contributed by atoms with Crippen LogP contribution in [0.2, 0.25) is 0 Å². The molecule has 1 aromatic heterocycles. The molecule has 0 saturated heterocycles. The second kappa shape index (κ2) is 2.93. The van der Waals surface area contributed by atoms with Gasteiger partial charge < -0.3 is 0 Å². The number of benzene rings is 1. The van der Waals surface area contributed by atoms with Crippen LogP contribution in [-0.4, -0.2) is 0 Å². The lowest BCUT2D eigenvalue weighted by molar-refractivity contribution is -0.672. The van der Waals surface area contributed by atoms with Gasteiger partial charge in [0.15, 0.2) is 12.7 Å². The number of aromatic nitrogens is 1. The smallest absolute Gasteiger partial charge is 0.194 e. The molecule has 1 nitrogen and oxygen atoms in total. The summed E-state index contributed by atoms with van der Waals surface area (Å²) in [6.45, 7) is 5.41. The maximum Gasteiger partial charge on any atom is 0.216 e. The van der Waals surface area contributed by atoms with Crippen molar-refractivity contribution < 1.29 is 4.57 Å². The zero-order valence-corrected chi connectivity index (χ0v) is 9.12. The zero-order chi connectivity index (χ0) is 10.4. The molecule has 0 atom stereocenters. The van der Waals surface area contributed by atoms with Crippen molar-refractivity contribution in [3.63, 3.8) is 0 Å². The molecular formula is C14H14N+. The van der Waals surface area contributed by atoms with Gasteiger partial charge in [-0.25, -0.2) is 0 Å². The van der Waals surface area contributed by atoms with Gasteiger partial charge in [-0.3, -0.25) is 0 Å². The molecule has 2 aromatic rings.